The highest BCUT2D eigenvalue weighted by molar-refractivity contribution is 8.01. The fourth-order valence-electron chi connectivity index (χ4n) is 1.41. The average molecular weight is 246 g/mol. The summed E-state index contributed by atoms with van der Waals surface area (Å²) in [7, 11) is 2.11. The molecular formula is C8H14N4OS2. The lowest BCUT2D eigenvalue weighted by molar-refractivity contribution is -0.00598. The minimum Gasteiger partial charge on any atom is -0.375 e. The van der Waals surface area contributed by atoms with Crippen LogP contribution in [0.25, 0.3) is 0 Å². The van der Waals surface area contributed by atoms with E-state index < -0.39 is 0 Å². The minimum absolute atomic E-state index is 0.291. The molecule has 0 saturated carbocycles. The number of aromatic nitrogens is 2. The molecule has 15 heavy (non-hydrogen) atoms. The topological polar surface area (TPSA) is 64.3 Å². The highest BCUT2D eigenvalue weighted by Crippen LogP contribution is 2.25. The number of hydrogen-bond donors (Lipinski definition) is 1. The van der Waals surface area contributed by atoms with Crippen molar-refractivity contribution >= 4 is 28.2 Å². The molecule has 7 heteroatoms. The molecule has 1 fully saturated rings. The maximum atomic E-state index is 5.64. The van der Waals surface area contributed by atoms with Gasteiger partial charge in [-0.05, 0) is 7.05 Å². The average Bonchev–Trinajstić information content (AvgIpc) is 2.62. The number of nitrogen functional groups attached to an aromatic ring is 1. The SMILES string of the molecule is CN1CCOC(CSc2nnc(N)s2)C1. The Labute approximate surface area is 97.0 Å². The molecule has 0 aliphatic carbocycles. The molecule has 1 unspecified atom stereocenters. The molecule has 1 aliphatic rings. The number of thioether (sulfide) groups is 1. The van der Waals surface area contributed by atoms with Crippen LogP contribution in [0.4, 0.5) is 5.13 Å². The van der Waals surface area contributed by atoms with E-state index in [4.69, 9.17) is 10.5 Å². The number of nitrogens with two attached hydrogens (primary N) is 1. The Bertz CT molecular complexity index is 319. The van der Waals surface area contributed by atoms with Gasteiger partial charge >= 0.3 is 0 Å². The number of likely N-dealkylation sites (N-methyl/N-ethyl adjacent to an activating group) is 1. The lowest BCUT2D eigenvalue weighted by Crippen LogP contribution is -2.41. The van der Waals surface area contributed by atoms with Crippen LogP contribution < -0.4 is 5.73 Å². The van der Waals surface area contributed by atoms with Crippen LogP contribution in [-0.2, 0) is 4.74 Å². The predicted octanol–water partition coefficient (Wildman–Crippen LogP) is 0.543. The molecule has 1 aromatic heterocycles. The van der Waals surface area contributed by atoms with Gasteiger partial charge in [-0.2, -0.15) is 0 Å². The van der Waals surface area contributed by atoms with Crippen LogP contribution in [0.2, 0.25) is 0 Å². The van der Waals surface area contributed by atoms with Crippen molar-refractivity contribution in [3.63, 3.8) is 0 Å². The maximum absolute atomic E-state index is 5.64. The first-order valence-electron chi connectivity index (χ1n) is 4.76. The second-order valence-corrected chi connectivity index (χ2v) is 5.75. The van der Waals surface area contributed by atoms with Crippen molar-refractivity contribution in [2.75, 3.05) is 38.2 Å². The molecule has 1 atom stereocenters. The molecule has 2 N–H and O–H groups in total. The third-order valence-electron chi connectivity index (χ3n) is 2.16. The summed E-state index contributed by atoms with van der Waals surface area (Å²) < 4.78 is 6.56. The van der Waals surface area contributed by atoms with E-state index in [2.05, 4.69) is 22.1 Å². The highest BCUT2D eigenvalue weighted by Gasteiger charge is 2.18. The molecule has 2 rings (SSSR count). The van der Waals surface area contributed by atoms with Gasteiger partial charge in [0, 0.05) is 18.8 Å². The van der Waals surface area contributed by atoms with Crippen LogP contribution in [0.5, 0.6) is 0 Å². The molecule has 0 aromatic carbocycles. The van der Waals surface area contributed by atoms with E-state index in [-0.39, 0.29) is 0 Å². The van der Waals surface area contributed by atoms with Crippen LogP contribution >= 0.6 is 23.1 Å². The fourth-order valence-corrected chi connectivity index (χ4v) is 3.08. The van der Waals surface area contributed by atoms with E-state index >= 15 is 0 Å². The van der Waals surface area contributed by atoms with Crippen molar-refractivity contribution in [1.82, 2.24) is 15.1 Å². The van der Waals surface area contributed by atoms with Crippen LogP contribution in [0.15, 0.2) is 4.34 Å². The van der Waals surface area contributed by atoms with Gasteiger partial charge in [0.05, 0.1) is 12.7 Å². The Morgan fingerprint density at radius 3 is 3.20 bits per heavy atom. The first-order chi connectivity index (χ1) is 7.24. The summed E-state index contributed by atoms with van der Waals surface area (Å²) >= 11 is 3.09. The van der Waals surface area contributed by atoms with Crippen molar-refractivity contribution in [3.05, 3.63) is 0 Å². The molecule has 1 aliphatic heterocycles. The van der Waals surface area contributed by atoms with Gasteiger partial charge in [0.2, 0.25) is 5.13 Å². The molecule has 0 bridgehead atoms. The normalized spacial score (nSPS) is 23.1. The number of ether oxygens (including phenoxy) is 1. The van der Waals surface area contributed by atoms with Crippen LogP contribution in [-0.4, -0.2) is 53.7 Å². The lowest BCUT2D eigenvalue weighted by Gasteiger charge is -2.29. The number of nitrogens with zero attached hydrogens (tertiary/aromatic N) is 3. The summed E-state index contributed by atoms with van der Waals surface area (Å²) in [5.41, 5.74) is 5.50. The monoisotopic (exact) mass is 246 g/mol. The quantitative estimate of drug-likeness (QED) is 0.786. The third-order valence-corrected chi connectivity index (χ3v) is 4.17. The summed E-state index contributed by atoms with van der Waals surface area (Å²) in [6.45, 7) is 2.83. The molecule has 5 nitrogen and oxygen atoms in total. The van der Waals surface area contributed by atoms with Gasteiger partial charge in [-0.25, -0.2) is 0 Å². The van der Waals surface area contributed by atoms with Crippen LogP contribution in [0, 0.1) is 0 Å². The minimum atomic E-state index is 0.291. The molecule has 0 radical (unpaired) electrons. The fraction of sp³-hybridized carbons (Fsp3) is 0.750. The summed E-state index contributed by atoms with van der Waals surface area (Å²) in [6.07, 6.45) is 0.291. The van der Waals surface area contributed by atoms with Gasteiger partial charge in [-0.1, -0.05) is 23.1 Å². The van der Waals surface area contributed by atoms with E-state index in [1.165, 1.54) is 11.3 Å². The van der Waals surface area contributed by atoms with Gasteiger partial charge in [0.1, 0.15) is 0 Å². The zero-order valence-corrected chi connectivity index (χ0v) is 10.2. The maximum Gasteiger partial charge on any atom is 0.203 e. The molecule has 84 valence electrons. The largest absolute Gasteiger partial charge is 0.375 e. The molecule has 0 spiro atoms. The van der Waals surface area contributed by atoms with E-state index in [9.17, 15) is 0 Å². The predicted molar refractivity (Wildman–Crippen MR) is 62.3 cm³/mol. The summed E-state index contributed by atoms with van der Waals surface area (Å²) in [5.74, 6) is 0.916. The van der Waals surface area contributed by atoms with Crippen molar-refractivity contribution in [2.45, 2.75) is 10.4 Å². The highest BCUT2D eigenvalue weighted by atomic mass is 32.2. The second-order valence-electron chi connectivity index (χ2n) is 3.47. The number of rotatable bonds is 3. The van der Waals surface area contributed by atoms with E-state index in [0.29, 0.717) is 11.2 Å². The van der Waals surface area contributed by atoms with Gasteiger partial charge < -0.3 is 15.4 Å². The molecule has 2 heterocycles. The molecule has 1 saturated heterocycles. The van der Waals surface area contributed by atoms with Gasteiger partial charge in [0.25, 0.3) is 0 Å². The zero-order chi connectivity index (χ0) is 10.7. The summed E-state index contributed by atoms with van der Waals surface area (Å²) in [5, 5.41) is 8.25. The summed E-state index contributed by atoms with van der Waals surface area (Å²) in [6, 6.07) is 0. The third kappa shape index (κ3) is 3.30. The first-order valence-corrected chi connectivity index (χ1v) is 6.56. The smallest absolute Gasteiger partial charge is 0.203 e. The van der Waals surface area contributed by atoms with Crippen molar-refractivity contribution in [2.24, 2.45) is 0 Å². The Kier molecular flexibility index (Phi) is 3.79. The van der Waals surface area contributed by atoms with Gasteiger partial charge in [-0.3, -0.25) is 0 Å². The molecule has 0 amide bonds. The Morgan fingerprint density at radius 2 is 2.53 bits per heavy atom. The Hall–Kier alpha value is -0.370. The van der Waals surface area contributed by atoms with Gasteiger partial charge in [0.15, 0.2) is 4.34 Å². The zero-order valence-electron chi connectivity index (χ0n) is 8.55. The second kappa shape index (κ2) is 5.11. The van der Waals surface area contributed by atoms with Crippen LogP contribution in [0.3, 0.4) is 0 Å². The molecule has 1 aromatic rings. The van der Waals surface area contributed by atoms with Crippen molar-refractivity contribution in [1.29, 1.82) is 0 Å². The summed E-state index contributed by atoms with van der Waals surface area (Å²) in [4.78, 5) is 2.28. The van der Waals surface area contributed by atoms with Gasteiger partial charge in [-0.15, -0.1) is 10.2 Å². The van der Waals surface area contributed by atoms with Crippen LogP contribution in [0.1, 0.15) is 0 Å². The first kappa shape index (κ1) is 11.1. The van der Waals surface area contributed by atoms with Crippen molar-refractivity contribution < 1.29 is 4.74 Å². The number of morpholine rings is 1. The Morgan fingerprint density at radius 1 is 1.67 bits per heavy atom. The van der Waals surface area contributed by atoms with E-state index in [0.717, 1.165) is 29.8 Å². The number of anilines is 1. The Balaban J connectivity index is 1.77. The van der Waals surface area contributed by atoms with E-state index in [1.807, 2.05) is 0 Å². The standard InChI is InChI=1S/C8H14N4OS2/c1-12-2-3-13-6(4-12)5-14-8-11-10-7(9)15-8/h6H,2-5H2,1H3,(H2,9,10). The van der Waals surface area contributed by atoms with Crippen molar-refractivity contribution in [3.8, 4) is 0 Å². The lowest BCUT2D eigenvalue weighted by atomic mass is 10.3. The van der Waals surface area contributed by atoms with E-state index in [1.54, 1.807) is 11.8 Å². The molecular weight excluding hydrogens is 232 g/mol. The number of hydrogen-bond acceptors (Lipinski definition) is 7.